The number of rotatable bonds is 4. The number of likely N-dealkylation sites (tertiary alicyclic amines) is 1. The first kappa shape index (κ1) is 14.8. The zero-order valence-corrected chi connectivity index (χ0v) is 13.2. The van der Waals surface area contributed by atoms with Crippen molar-refractivity contribution in [2.24, 2.45) is 0 Å². The predicted molar refractivity (Wildman–Crippen MR) is 83.5 cm³/mol. The summed E-state index contributed by atoms with van der Waals surface area (Å²) in [7, 11) is 0. The predicted octanol–water partition coefficient (Wildman–Crippen LogP) is 2.09. The minimum absolute atomic E-state index is 0.226. The fourth-order valence-electron chi connectivity index (χ4n) is 3.11. The van der Waals surface area contributed by atoms with Gasteiger partial charge in [-0.3, -0.25) is 15.0 Å². The van der Waals surface area contributed by atoms with Gasteiger partial charge in [-0.15, -0.1) is 0 Å². The summed E-state index contributed by atoms with van der Waals surface area (Å²) in [5, 5.41) is 14.3. The van der Waals surface area contributed by atoms with E-state index in [2.05, 4.69) is 20.4 Å². The molecule has 1 atom stereocenters. The summed E-state index contributed by atoms with van der Waals surface area (Å²) in [6.07, 6.45) is 5.18. The van der Waals surface area contributed by atoms with Gasteiger partial charge in [-0.25, -0.2) is 0 Å². The number of piperidine rings is 1. The molecule has 0 bridgehead atoms. The number of hydrogen-bond donors (Lipinski definition) is 2. The molecule has 1 fully saturated rings. The lowest BCUT2D eigenvalue weighted by molar-refractivity contribution is -0.132. The molecule has 0 saturated carbocycles. The second-order valence-corrected chi connectivity index (χ2v) is 6.11. The topological polar surface area (TPSA) is 77.7 Å². The van der Waals surface area contributed by atoms with Crippen molar-refractivity contribution in [3.05, 3.63) is 34.9 Å². The number of aromatic amines is 2. The fourth-order valence-corrected chi connectivity index (χ4v) is 3.11. The summed E-state index contributed by atoms with van der Waals surface area (Å²) >= 11 is 0. The van der Waals surface area contributed by atoms with Crippen LogP contribution in [-0.4, -0.2) is 44.3 Å². The third kappa shape index (κ3) is 3.05. The van der Waals surface area contributed by atoms with Crippen LogP contribution in [0, 0.1) is 13.8 Å². The number of nitrogens with one attached hydrogen (secondary N) is 2. The molecule has 1 saturated heterocycles. The molecule has 1 aliphatic heterocycles. The van der Waals surface area contributed by atoms with E-state index in [9.17, 15) is 4.79 Å². The largest absolute Gasteiger partial charge is 0.342 e. The van der Waals surface area contributed by atoms with E-state index in [1.165, 1.54) is 5.56 Å². The SMILES string of the molecule is Cc1[nH]nc(CCC(=O)N2CCC[C@H](c3ccn[nH]3)C2)c1C. The molecule has 3 rings (SSSR count). The van der Waals surface area contributed by atoms with E-state index in [-0.39, 0.29) is 5.91 Å². The normalized spacial score (nSPS) is 18.6. The van der Waals surface area contributed by atoms with Gasteiger partial charge in [0, 0.05) is 49.4 Å². The van der Waals surface area contributed by atoms with Crippen molar-refractivity contribution in [2.45, 2.75) is 45.4 Å². The van der Waals surface area contributed by atoms with Gasteiger partial charge in [-0.2, -0.15) is 10.2 Å². The van der Waals surface area contributed by atoms with Gasteiger partial charge in [0.05, 0.1) is 5.69 Å². The maximum atomic E-state index is 12.5. The molecule has 22 heavy (non-hydrogen) atoms. The van der Waals surface area contributed by atoms with Crippen LogP contribution in [0.15, 0.2) is 12.3 Å². The van der Waals surface area contributed by atoms with Crippen molar-refractivity contribution < 1.29 is 4.79 Å². The zero-order chi connectivity index (χ0) is 15.5. The maximum Gasteiger partial charge on any atom is 0.222 e. The van der Waals surface area contributed by atoms with Crippen LogP contribution in [0.5, 0.6) is 0 Å². The number of carbonyl (C=O) groups is 1. The molecule has 2 N–H and O–H groups in total. The molecule has 2 aromatic rings. The van der Waals surface area contributed by atoms with E-state index >= 15 is 0 Å². The van der Waals surface area contributed by atoms with Gasteiger partial charge < -0.3 is 4.90 Å². The zero-order valence-electron chi connectivity index (χ0n) is 13.2. The summed E-state index contributed by atoms with van der Waals surface area (Å²) in [5.74, 6) is 0.610. The summed E-state index contributed by atoms with van der Waals surface area (Å²) < 4.78 is 0. The van der Waals surface area contributed by atoms with Gasteiger partial charge >= 0.3 is 0 Å². The highest BCUT2D eigenvalue weighted by Crippen LogP contribution is 2.25. The Bertz CT molecular complexity index is 631. The lowest BCUT2D eigenvalue weighted by Gasteiger charge is -2.32. The highest BCUT2D eigenvalue weighted by Gasteiger charge is 2.25. The number of amides is 1. The fraction of sp³-hybridized carbons (Fsp3) is 0.562. The molecule has 0 radical (unpaired) electrons. The molecule has 0 aromatic carbocycles. The lowest BCUT2D eigenvalue weighted by atomic mass is 9.94. The maximum absolute atomic E-state index is 12.5. The Balaban J connectivity index is 1.56. The Morgan fingerprint density at radius 3 is 2.95 bits per heavy atom. The smallest absolute Gasteiger partial charge is 0.222 e. The Kier molecular flexibility index (Phi) is 4.27. The van der Waals surface area contributed by atoms with Crippen LogP contribution in [-0.2, 0) is 11.2 Å². The average Bonchev–Trinajstić information content (AvgIpc) is 3.17. The average molecular weight is 301 g/mol. The highest BCUT2D eigenvalue weighted by atomic mass is 16.2. The van der Waals surface area contributed by atoms with E-state index < -0.39 is 0 Å². The third-order valence-electron chi connectivity index (χ3n) is 4.67. The summed E-state index contributed by atoms with van der Waals surface area (Å²) in [4.78, 5) is 14.5. The second kappa shape index (κ2) is 6.34. The molecule has 1 aliphatic rings. The molecule has 0 aliphatic carbocycles. The molecule has 6 nitrogen and oxygen atoms in total. The quantitative estimate of drug-likeness (QED) is 0.907. The van der Waals surface area contributed by atoms with E-state index in [4.69, 9.17) is 0 Å². The molecule has 3 heterocycles. The third-order valence-corrected chi connectivity index (χ3v) is 4.67. The Morgan fingerprint density at radius 2 is 2.27 bits per heavy atom. The molecule has 118 valence electrons. The highest BCUT2D eigenvalue weighted by molar-refractivity contribution is 5.76. The Hall–Kier alpha value is -2.11. The van der Waals surface area contributed by atoms with Crippen LogP contribution < -0.4 is 0 Å². The van der Waals surface area contributed by atoms with Crippen LogP contribution in [0.3, 0.4) is 0 Å². The Morgan fingerprint density at radius 1 is 1.41 bits per heavy atom. The molecule has 0 spiro atoms. The van der Waals surface area contributed by atoms with E-state index in [0.29, 0.717) is 18.8 Å². The summed E-state index contributed by atoms with van der Waals surface area (Å²) in [6, 6.07) is 2.01. The number of aromatic nitrogens is 4. The van der Waals surface area contributed by atoms with Crippen molar-refractivity contribution in [2.75, 3.05) is 13.1 Å². The van der Waals surface area contributed by atoms with Crippen LogP contribution in [0.1, 0.15) is 47.8 Å². The monoisotopic (exact) mass is 301 g/mol. The van der Waals surface area contributed by atoms with E-state index in [0.717, 1.165) is 43.0 Å². The number of H-pyrrole nitrogens is 2. The molecular weight excluding hydrogens is 278 g/mol. The first-order valence-electron chi connectivity index (χ1n) is 7.92. The molecular formula is C16H23N5O. The van der Waals surface area contributed by atoms with E-state index in [1.807, 2.05) is 24.8 Å². The molecule has 6 heteroatoms. The number of hydrogen-bond acceptors (Lipinski definition) is 3. The van der Waals surface area contributed by atoms with Crippen molar-refractivity contribution in [3.8, 4) is 0 Å². The summed E-state index contributed by atoms with van der Waals surface area (Å²) in [5.41, 5.74) is 4.39. The molecule has 2 aromatic heterocycles. The number of nitrogens with zero attached hydrogens (tertiary/aromatic N) is 3. The lowest BCUT2D eigenvalue weighted by Crippen LogP contribution is -2.39. The van der Waals surface area contributed by atoms with Crippen LogP contribution in [0.4, 0.5) is 0 Å². The van der Waals surface area contributed by atoms with Crippen molar-refractivity contribution in [1.82, 2.24) is 25.3 Å². The minimum atomic E-state index is 0.226. The number of aryl methyl sites for hydroxylation is 2. The van der Waals surface area contributed by atoms with Gasteiger partial charge in [0.1, 0.15) is 0 Å². The van der Waals surface area contributed by atoms with Crippen molar-refractivity contribution in [3.63, 3.8) is 0 Å². The second-order valence-electron chi connectivity index (χ2n) is 6.11. The van der Waals surface area contributed by atoms with Gasteiger partial charge in [-0.05, 0) is 38.3 Å². The number of carbonyl (C=O) groups excluding carboxylic acids is 1. The molecule has 1 amide bonds. The molecule has 0 unspecified atom stereocenters. The first-order chi connectivity index (χ1) is 10.6. The first-order valence-corrected chi connectivity index (χ1v) is 7.92. The minimum Gasteiger partial charge on any atom is -0.342 e. The summed E-state index contributed by atoms with van der Waals surface area (Å²) in [6.45, 7) is 5.71. The van der Waals surface area contributed by atoms with Crippen LogP contribution in [0.2, 0.25) is 0 Å². The van der Waals surface area contributed by atoms with Gasteiger partial charge in [0.2, 0.25) is 5.91 Å². The van der Waals surface area contributed by atoms with Gasteiger partial charge in [-0.1, -0.05) is 0 Å². The van der Waals surface area contributed by atoms with Gasteiger partial charge in [0.15, 0.2) is 0 Å². The van der Waals surface area contributed by atoms with E-state index in [1.54, 1.807) is 6.20 Å². The van der Waals surface area contributed by atoms with Crippen molar-refractivity contribution >= 4 is 5.91 Å². The van der Waals surface area contributed by atoms with Crippen molar-refractivity contribution in [1.29, 1.82) is 0 Å². The van der Waals surface area contributed by atoms with Gasteiger partial charge in [0.25, 0.3) is 0 Å². The van der Waals surface area contributed by atoms with Crippen LogP contribution >= 0.6 is 0 Å². The standard InChI is InChI=1S/C16H23N5O/c1-11-12(2)18-20-14(11)5-6-16(22)21-9-3-4-13(10-21)15-7-8-17-19-15/h7-8,13H,3-6,9-10H2,1-2H3,(H,17,19)(H,18,20)/t13-/m0/s1. The van der Waals surface area contributed by atoms with Crippen LogP contribution in [0.25, 0.3) is 0 Å². The Labute approximate surface area is 130 Å².